The maximum Gasteiger partial charge on any atom is 0.434 e. The van der Waals surface area contributed by atoms with Crippen molar-refractivity contribution < 1.29 is 18.0 Å². The molecule has 0 fully saturated rings. The minimum absolute atomic E-state index is 0.138. The normalized spacial score (nSPS) is 12.4. The van der Waals surface area contributed by atoms with Crippen molar-refractivity contribution >= 4 is 17.5 Å². The quantitative estimate of drug-likeness (QED) is 0.297. The summed E-state index contributed by atoms with van der Waals surface area (Å²) in [6, 6.07) is 23.7. The van der Waals surface area contributed by atoms with Crippen molar-refractivity contribution in [3.8, 4) is 5.69 Å². The molecule has 3 aromatic carbocycles. The van der Waals surface area contributed by atoms with Gasteiger partial charge in [0.05, 0.1) is 23.5 Å². The number of nitrogens with zero attached hydrogens (tertiary/aromatic N) is 3. The first-order valence-corrected chi connectivity index (χ1v) is 10.9. The van der Waals surface area contributed by atoms with E-state index in [0.29, 0.717) is 5.02 Å². The van der Waals surface area contributed by atoms with Crippen molar-refractivity contribution in [3.05, 3.63) is 119 Å². The van der Waals surface area contributed by atoms with Gasteiger partial charge in [0.15, 0.2) is 5.69 Å². The van der Waals surface area contributed by atoms with Crippen LogP contribution in [0.15, 0.2) is 91.1 Å². The lowest BCUT2D eigenvalue weighted by Gasteiger charge is -2.30. The van der Waals surface area contributed by atoms with E-state index in [4.69, 9.17) is 11.6 Å². The molecule has 8 heteroatoms. The molecule has 174 valence electrons. The lowest BCUT2D eigenvalue weighted by molar-refractivity contribution is -0.143. The Hall–Kier alpha value is -3.58. The van der Waals surface area contributed by atoms with Crippen molar-refractivity contribution in [1.29, 1.82) is 0 Å². The van der Waals surface area contributed by atoms with E-state index < -0.39 is 29.4 Å². The van der Waals surface area contributed by atoms with Crippen molar-refractivity contribution in [2.75, 3.05) is 0 Å². The number of alkyl halides is 3. The van der Waals surface area contributed by atoms with E-state index in [1.54, 1.807) is 6.92 Å². The molecular formula is C26H21ClF3N3O. The third-order valence-corrected chi connectivity index (χ3v) is 5.80. The minimum Gasteiger partial charge on any atom is -0.327 e. The molecule has 1 heterocycles. The van der Waals surface area contributed by atoms with Crippen LogP contribution >= 0.6 is 11.6 Å². The molecule has 4 nitrogen and oxygen atoms in total. The summed E-state index contributed by atoms with van der Waals surface area (Å²) in [5, 5.41) is 4.31. The first-order chi connectivity index (χ1) is 16.3. The highest BCUT2D eigenvalue weighted by Crippen LogP contribution is 2.36. The maximum atomic E-state index is 14.2. The number of rotatable bonds is 6. The van der Waals surface area contributed by atoms with Crippen LogP contribution in [-0.4, -0.2) is 20.6 Å². The number of aromatic nitrogens is 2. The Kier molecular flexibility index (Phi) is 6.75. The lowest BCUT2D eigenvalue weighted by Crippen LogP contribution is -2.34. The summed E-state index contributed by atoms with van der Waals surface area (Å²) in [6.45, 7) is 1.94. The molecule has 0 aliphatic rings. The van der Waals surface area contributed by atoms with Gasteiger partial charge in [-0.2, -0.15) is 18.3 Å². The molecule has 0 bridgehead atoms. The van der Waals surface area contributed by atoms with Crippen LogP contribution in [0, 0.1) is 0 Å². The van der Waals surface area contributed by atoms with Crippen LogP contribution in [0.5, 0.6) is 0 Å². The predicted octanol–water partition coefficient (Wildman–Crippen LogP) is 6.95. The summed E-state index contributed by atoms with van der Waals surface area (Å²) in [5.41, 5.74) is 0.128. The third kappa shape index (κ3) is 4.99. The van der Waals surface area contributed by atoms with Crippen molar-refractivity contribution in [3.63, 3.8) is 0 Å². The molecule has 0 saturated heterocycles. The number of amides is 1. The summed E-state index contributed by atoms with van der Waals surface area (Å²) in [6.07, 6.45) is -3.83. The monoisotopic (exact) mass is 483 g/mol. The molecule has 1 atom stereocenters. The molecule has 0 spiro atoms. The molecule has 34 heavy (non-hydrogen) atoms. The average molecular weight is 484 g/mol. The number of hydrogen-bond acceptors (Lipinski definition) is 2. The summed E-state index contributed by atoms with van der Waals surface area (Å²) in [4.78, 5) is 15.1. The number of carbonyl (C=O) groups is 1. The van der Waals surface area contributed by atoms with Gasteiger partial charge in [0.1, 0.15) is 0 Å². The van der Waals surface area contributed by atoms with E-state index >= 15 is 0 Å². The van der Waals surface area contributed by atoms with Crippen LogP contribution in [0.2, 0.25) is 5.02 Å². The Morgan fingerprint density at radius 2 is 1.56 bits per heavy atom. The highest BCUT2D eigenvalue weighted by atomic mass is 35.5. The van der Waals surface area contributed by atoms with Crippen molar-refractivity contribution in [1.82, 2.24) is 14.7 Å². The Balaban J connectivity index is 1.80. The first kappa shape index (κ1) is 23.6. The van der Waals surface area contributed by atoms with Gasteiger partial charge in [-0.25, -0.2) is 4.68 Å². The third-order valence-electron chi connectivity index (χ3n) is 5.55. The Morgan fingerprint density at radius 1 is 0.971 bits per heavy atom. The fourth-order valence-corrected chi connectivity index (χ4v) is 3.91. The molecule has 0 N–H and O–H groups in total. The fourth-order valence-electron chi connectivity index (χ4n) is 3.79. The van der Waals surface area contributed by atoms with Crippen molar-refractivity contribution in [2.24, 2.45) is 0 Å². The smallest absolute Gasteiger partial charge is 0.327 e. The largest absolute Gasteiger partial charge is 0.434 e. The second-order valence-electron chi connectivity index (χ2n) is 7.80. The summed E-state index contributed by atoms with van der Waals surface area (Å²) in [7, 11) is 0. The van der Waals surface area contributed by atoms with E-state index in [1.165, 1.54) is 29.2 Å². The summed E-state index contributed by atoms with van der Waals surface area (Å²) >= 11 is 5.88. The zero-order valence-corrected chi connectivity index (χ0v) is 19.0. The zero-order chi connectivity index (χ0) is 24.3. The fraction of sp³-hybridized carbons (Fsp3) is 0.154. The van der Waals surface area contributed by atoms with Crippen LogP contribution in [0.25, 0.3) is 5.69 Å². The molecule has 4 aromatic rings. The number of hydrogen-bond donors (Lipinski definition) is 0. The van der Waals surface area contributed by atoms with Gasteiger partial charge in [-0.3, -0.25) is 4.79 Å². The Morgan fingerprint density at radius 3 is 2.15 bits per heavy atom. The molecule has 4 rings (SSSR count). The van der Waals surface area contributed by atoms with Gasteiger partial charge in [-0.1, -0.05) is 72.3 Å². The van der Waals surface area contributed by atoms with E-state index in [-0.39, 0.29) is 12.2 Å². The molecule has 1 unspecified atom stereocenters. The van der Waals surface area contributed by atoms with Gasteiger partial charge in [-0.05, 0) is 42.3 Å². The first-order valence-electron chi connectivity index (χ1n) is 10.6. The standard InChI is InChI=1S/C26H21ClF3N3O/c1-18(20-10-6-3-7-11-20)32(17-19-8-4-2-5-9-19)25(34)23-16-31-33(24(23)26(28,29)30)22-14-12-21(27)13-15-22/h2-16,18H,17H2,1H3. The summed E-state index contributed by atoms with van der Waals surface area (Å²) < 4.78 is 43.4. The molecule has 1 amide bonds. The van der Waals surface area contributed by atoms with E-state index in [2.05, 4.69) is 5.10 Å². The SMILES string of the molecule is CC(c1ccccc1)N(Cc1ccccc1)C(=O)c1cnn(-c2ccc(Cl)cc2)c1C(F)(F)F. The van der Waals surface area contributed by atoms with Crippen LogP contribution in [0.4, 0.5) is 13.2 Å². The predicted molar refractivity (Wildman–Crippen MR) is 125 cm³/mol. The van der Waals surface area contributed by atoms with E-state index in [1.807, 2.05) is 60.7 Å². The molecule has 0 saturated carbocycles. The van der Waals surface area contributed by atoms with Gasteiger partial charge >= 0.3 is 6.18 Å². The van der Waals surface area contributed by atoms with Gasteiger partial charge in [-0.15, -0.1) is 0 Å². The number of carbonyl (C=O) groups excluding carboxylic acids is 1. The van der Waals surface area contributed by atoms with Gasteiger partial charge in [0, 0.05) is 11.6 Å². The van der Waals surface area contributed by atoms with E-state index in [9.17, 15) is 18.0 Å². The maximum absolute atomic E-state index is 14.2. The average Bonchev–Trinajstić information content (AvgIpc) is 3.29. The topological polar surface area (TPSA) is 38.1 Å². The van der Waals surface area contributed by atoms with Gasteiger partial charge in [0.2, 0.25) is 0 Å². The molecular weight excluding hydrogens is 463 g/mol. The van der Waals surface area contributed by atoms with E-state index in [0.717, 1.165) is 22.0 Å². The highest BCUT2D eigenvalue weighted by molar-refractivity contribution is 6.30. The van der Waals surface area contributed by atoms with Crippen LogP contribution in [0.1, 0.15) is 40.1 Å². The van der Waals surface area contributed by atoms with Crippen LogP contribution in [0.3, 0.4) is 0 Å². The molecule has 0 aliphatic heterocycles. The van der Waals surface area contributed by atoms with Gasteiger partial charge < -0.3 is 4.90 Å². The zero-order valence-electron chi connectivity index (χ0n) is 18.2. The van der Waals surface area contributed by atoms with Gasteiger partial charge in [0.25, 0.3) is 5.91 Å². The second kappa shape index (κ2) is 9.73. The van der Waals surface area contributed by atoms with Crippen LogP contribution in [-0.2, 0) is 12.7 Å². The molecule has 0 radical (unpaired) electrons. The van der Waals surface area contributed by atoms with Crippen LogP contribution < -0.4 is 0 Å². The minimum atomic E-state index is -4.81. The lowest BCUT2D eigenvalue weighted by atomic mass is 10.0. The number of halogens is 4. The highest BCUT2D eigenvalue weighted by Gasteiger charge is 2.42. The second-order valence-corrected chi connectivity index (χ2v) is 8.23. The van der Waals surface area contributed by atoms with Crippen molar-refractivity contribution in [2.45, 2.75) is 25.7 Å². The number of benzene rings is 3. The Labute approximate surface area is 200 Å². The molecule has 0 aliphatic carbocycles. The molecule has 1 aromatic heterocycles. The summed E-state index contributed by atoms with van der Waals surface area (Å²) in [5.74, 6) is -0.757. The Bertz CT molecular complexity index is 1260.